The monoisotopic (exact) mass is 509 g/mol. The van der Waals surface area contributed by atoms with Crippen LogP contribution in [0.15, 0.2) is 100 Å². The highest BCUT2D eigenvalue weighted by atomic mass is 79.9. The average Bonchev–Trinajstić information content (AvgIpc) is 2.78. The average molecular weight is 510 g/mol. The molecule has 1 saturated heterocycles. The van der Waals surface area contributed by atoms with E-state index < -0.39 is 10.0 Å². The number of sulfonamides is 1. The van der Waals surface area contributed by atoms with Gasteiger partial charge in [-0.25, -0.2) is 8.42 Å². The van der Waals surface area contributed by atoms with Gasteiger partial charge in [-0.3, -0.25) is 9.10 Å². The van der Waals surface area contributed by atoms with Gasteiger partial charge in [-0.15, -0.1) is 0 Å². The van der Waals surface area contributed by atoms with Gasteiger partial charge in [0, 0.05) is 27.7 Å². The Balaban J connectivity index is 1.82. The van der Waals surface area contributed by atoms with Gasteiger partial charge in [0.2, 0.25) is 0 Å². The third-order valence-corrected chi connectivity index (χ3v) is 8.19. The van der Waals surface area contributed by atoms with Crippen molar-refractivity contribution in [2.24, 2.45) is 5.92 Å². The summed E-state index contributed by atoms with van der Waals surface area (Å²) in [6.45, 7) is 3.94. The summed E-state index contributed by atoms with van der Waals surface area (Å²) in [6, 6.07) is 23.1. The van der Waals surface area contributed by atoms with Gasteiger partial charge in [0.25, 0.3) is 10.0 Å². The minimum Gasteiger partial charge on any atom is -0.289 e. The number of benzene rings is 3. The number of nitrogens with zero attached hydrogens (tertiary/aromatic N) is 1. The van der Waals surface area contributed by atoms with Crippen molar-refractivity contribution in [3.63, 3.8) is 0 Å². The number of aryl methyl sites for hydroxylation is 1. The first kappa shape index (κ1) is 22.5. The molecule has 0 aliphatic carbocycles. The molecular formula is C26H24BrNO3S. The predicted molar refractivity (Wildman–Crippen MR) is 130 cm³/mol. The Morgan fingerprint density at radius 3 is 2.19 bits per heavy atom. The van der Waals surface area contributed by atoms with Gasteiger partial charge in [-0.05, 0) is 43.2 Å². The molecule has 32 heavy (non-hydrogen) atoms. The molecular weight excluding hydrogens is 486 g/mol. The van der Waals surface area contributed by atoms with Crippen molar-refractivity contribution in [2.45, 2.75) is 31.2 Å². The van der Waals surface area contributed by atoms with Gasteiger partial charge in [-0.2, -0.15) is 0 Å². The van der Waals surface area contributed by atoms with E-state index in [0.717, 1.165) is 15.6 Å². The topological polar surface area (TPSA) is 54.5 Å². The maximum atomic E-state index is 13.7. The molecule has 2 atom stereocenters. The number of ketones is 1. The van der Waals surface area contributed by atoms with Gasteiger partial charge < -0.3 is 0 Å². The van der Waals surface area contributed by atoms with Crippen LogP contribution in [0.2, 0.25) is 0 Å². The highest BCUT2D eigenvalue weighted by Crippen LogP contribution is 2.52. The van der Waals surface area contributed by atoms with Crippen LogP contribution in [-0.2, 0) is 10.0 Å². The lowest BCUT2D eigenvalue weighted by Gasteiger charge is -2.50. The fraction of sp³-hybridized carbons (Fsp3) is 0.192. The zero-order valence-corrected chi connectivity index (χ0v) is 20.3. The molecule has 0 radical (unpaired) electrons. The Kier molecular flexibility index (Phi) is 6.35. The van der Waals surface area contributed by atoms with Crippen LogP contribution in [-0.4, -0.2) is 18.5 Å². The number of carbonyl (C=O) groups excluding carboxylic acids is 1. The summed E-state index contributed by atoms with van der Waals surface area (Å²) in [5, 5.41) is 0. The predicted octanol–water partition coefficient (Wildman–Crippen LogP) is 6.30. The lowest BCUT2D eigenvalue weighted by Crippen LogP contribution is -2.50. The van der Waals surface area contributed by atoms with Gasteiger partial charge in [-0.1, -0.05) is 83.0 Å². The maximum absolute atomic E-state index is 13.7. The second-order valence-electron chi connectivity index (χ2n) is 7.92. The van der Waals surface area contributed by atoms with Crippen molar-refractivity contribution in [2.75, 3.05) is 0 Å². The SMILES string of the molecule is CC[C@H]1/C(=C\C(=O)c2ccccc2)N(S(=O)(=O)c2ccc(C)cc2)[C@@H]1c1ccc(Br)cc1. The molecule has 164 valence electrons. The van der Waals surface area contributed by atoms with Crippen molar-refractivity contribution in [3.05, 3.63) is 112 Å². The van der Waals surface area contributed by atoms with E-state index >= 15 is 0 Å². The van der Waals surface area contributed by atoms with Crippen LogP contribution >= 0.6 is 15.9 Å². The Labute approximate surface area is 197 Å². The normalized spacial score (nSPS) is 19.6. The molecule has 0 aromatic heterocycles. The largest absolute Gasteiger partial charge is 0.289 e. The van der Waals surface area contributed by atoms with Crippen LogP contribution in [0.25, 0.3) is 0 Å². The van der Waals surface area contributed by atoms with E-state index in [-0.39, 0.29) is 22.6 Å². The van der Waals surface area contributed by atoms with E-state index in [4.69, 9.17) is 0 Å². The molecule has 0 amide bonds. The molecule has 0 saturated carbocycles. The number of carbonyl (C=O) groups is 1. The number of hydrogen-bond acceptors (Lipinski definition) is 3. The van der Waals surface area contributed by atoms with Gasteiger partial charge in [0.1, 0.15) is 0 Å². The van der Waals surface area contributed by atoms with Crippen molar-refractivity contribution in [1.29, 1.82) is 0 Å². The van der Waals surface area contributed by atoms with E-state index in [0.29, 0.717) is 17.7 Å². The summed E-state index contributed by atoms with van der Waals surface area (Å²) in [5.41, 5.74) is 2.96. The van der Waals surface area contributed by atoms with E-state index in [2.05, 4.69) is 15.9 Å². The second-order valence-corrected chi connectivity index (χ2v) is 10.7. The van der Waals surface area contributed by atoms with E-state index in [1.807, 2.05) is 44.2 Å². The molecule has 3 aromatic rings. The van der Waals surface area contributed by atoms with Gasteiger partial charge in [0.05, 0.1) is 10.9 Å². The Morgan fingerprint density at radius 1 is 0.969 bits per heavy atom. The summed E-state index contributed by atoms with van der Waals surface area (Å²) in [7, 11) is -3.85. The van der Waals surface area contributed by atoms with Crippen LogP contribution in [0.1, 0.15) is 40.9 Å². The lowest BCUT2D eigenvalue weighted by molar-refractivity contribution is 0.103. The van der Waals surface area contributed by atoms with Gasteiger partial charge in [0.15, 0.2) is 5.78 Å². The molecule has 1 aliphatic rings. The second kappa shape index (κ2) is 9.04. The smallest absolute Gasteiger partial charge is 0.264 e. The number of hydrogen-bond donors (Lipinski definition) is 0. The molecule has 4 rings (SSSR count). The minimum atomic E-state index is -3.85. The Hall–Kier alpha value is -2.70. The Bertz CT molecular complexity index is 1250. The van der Waals surface area contributed by atoms with Crippen molar-refractivity contribution in [3.8, 4) is 0 Å². The molecule has 1 fully saturated rings. The standard InChI is InChI=1S/C26H24BrNO3S/c1-3-23-24(17-25(29)19-7-5-4-6-8-19)28(26(23)20-11-13-21(27)14-12-20)32(30,31)22-15-9-18(2)10-16-22/h4-17,23,26H,3H2,1-2H3/b24-17+/t23-,26+/m0/s1. The zero-order valence-electron chi connectivity index (χ0n) is 17.9. The van der Waals surface area contributed by atoms with E-state index in [1.165, 1.54) is 10.4 Å². The van der Waals surface area contributed by atoms with Crippen LogP contribution in [0.5, 0.6) is 0 Å². The van der Waals surface area contributed by atoms with Crippen molar-refractivity contribution in [1.82, 2.24) is 4.31 Å². The highest BCUT2D eigenvalue weighted by Gasteiger charge is 2.50. The first-order valence-corrected chi connectivity index (χ1v) is 12.7. The number of allylic oxidation sites excluding steroid dienone is 1. The summed E-state index contributed by atoms with van der Waals surface area (Å²) in [5.74, 6) is -0.276. The summed E-state index contributed by atoms with van der Waals surface area (Å²) in [4.78, 5) is 13.2. The first-order valence-electron chi connectivity index (χ1n) is 10.5. The van der Waals surface area contributed by atoms with Gasteiger partial charge >= 0.3 is 0 Å². The summed E-state index contributed by atoms with van der Waals surface area (Å²) in [6.07, 6.45) is 2.21. The minimum absolute atomic E-state index is 0.0796. The molecule has 0 unspecified atom stereocenters. The highest BCUT2D eigenvalue weighted by molar-refractivity contribution is 9.10. The number of rotatable bonds is 6. The lowest BCUT2D eigenvalue weighted by atomic mass is 9.80. The van der Waals surface area contributed by atoms with Crippen LogP contribution < -0.4 is 0 Å². The van der Waals surface area contributed by atoms with E-state index in [1.54, 1.807) is 48.5 Å². The van der Waals surface area contributed by atoms with Crippen LogP contribution in [0, 0.1) is 12.8 Å². The molecule has 0 N–H and O–H groups in total. The fourth-order valence-corrected chi connectivity index (χ4v) is 6.13. The van der Waals surface area contributed by atoms with Crippen LogP contribution in [0.3, 0.4) is 0 Å². The molecule has 1 heterocycles. The molecule has 3 aromatic carbocycles. The summed E-state index contributed by atoms with van der Waals surface area (Å²) < 4.78 is 29.8. The van der Waals surface area contributed by atoms with E-state index in [9.17, 15) is 13.2 Å². The van der Waals surface area contributed by atoms with Crippen molar-refractivity contribution < 1.29 is 13.2 Å². The molecule has 6 heteroatoms. The van der Waals surface area contributed by atoms with Crippen molar-refractivity contribution >= 4 is 31.7 Å². The quantitative estimate of drug-likeness (QED) is 0.289. The molecule has 4 nitrogen and oxygen atoms in total. The molecule has 1 aliphatic heterocycles. The third-order valence-electron chi connectivity index (χ3n) is 5.83. The molecule has 0 bridgehead atoms. The summed E-state index contributed by atoms with van der Waals surface area (Å²) >= 11 is 3.45. The molecule has 0 spiro atoms. The number of halogens is 1. The Morgan fingerprint density at radius 2 is 1.59 bits per heavy atom. The maximum Gasteiger partial charge on any atom is 0.264 e. The first-order chi connectivity index (χ1) is 15.3. The van der Waals surface area contributed by atoms with Crippen LogP contribution in [0.4, 0.5) is 0 Å². The fourth-order valence-electron chi connectivity index (χ4n) is 4.13. The zero-order chi connectivity index (χ0) is 22.9. The third kappa shape index (κ3) is 4.17.